The van der Waals surface area contributed by atoms with Gasteiger partial charge in [-0.15, -0.1) is 0 Å². The maximum atomic E-state index is 13.2. The molecule has 4 heteroatoms. The van der Waals surface area contributed by atoms with Gasteiger partial charge >= 0.3 is 0 Å². The first kappa shape index (κ1) is 19.3. The van der Waals surface area contributed by atoms with Crippen LogP contribution in [0.1, 0.15) is 49.9 Å². The van der Waals surface area contributed by atoms with E-state index in [4.69, 9.17) is 9.47 Å². The average Bonchev–Trinajstić information content (AvgIpc) is 2.65. The van der Waals surface area contributed by atoms with Crippen LogP contribution in [0.5, 0.6) is 11.5 Å². The number of benzene rings is 2. The van der Waals surface area contributed by atoms with Gasteiger partial charge in [0, 0.05) is 13.0 Å². The van der Waals surface area contributed by atoms with E-state index >= 15 is 0 Å². The van der Waals surface area contributed by atoms with Crippen LogP contribution in [0.3, 0.4) is 0 Å². The third-order valence-corrected chi connectivity index (χ3v) is 4.99. The Hall–Kier alpha value is -2.49. The molecule has 0 bridgehead atoms. The molecule has 0 saturated heterocycles. The number of hydrogen-bond donors (Lipinski definition) is 0. The molecule has 0 unspecified atom stereocenters. The van der Waals surface area contributed by atoms with Gasteiger partial charge in [-0.2, -0.15) is 0 Å². The van der Waals surface area contributed by atoms with Crippen molar-refractivity contribution in [3.8, 4) is 11.5 Å². The molecular formula is C23H29NO3. The topological polar surface area (TPSA) is 38.8 Å². The lowest BCUT2D eigenvalue weighted by Crippen LogP contribution is -2.41. The van der Waals surface area contributed by atoms with Gasteiger partial charge in [-0.05, 0) is 40.7 Å². The minimum absolute atomic E-state index is 0.0454. The molecule has 1 aliphatic heterocycles. The van der Waals surface area contributed by atoms with Crippen LogP contribution in [0, 0.1) is 5.41 Å². The molecule has 0 fully saturated rings. The molecule has 144 valence electrons. The molecule has 3 rings (SSSR count). The number of carbonyl (C=O) groups is 1. The van der Waals surface area contributed by atoms with Gasteiger partial charge in [-0.1, -0.05) is 51.1 Å². The zero-order valence-corrected chi connectivity index (χ0v) is 16.9. The van der Waals surface area contributed by atoms with Crippen LogP contribution < -0.4 is 9.47 Å². The normalized spacial score (nSPS) is 16.6. The number of hydrogen-bond acceptors (Lipinski definition) is 3. The summed E-state index contributed by atoms with van der Waals surface area (Å²) >= 11 is 0. The lowest BCUT2D eigenvalue weighted by atomic mass is 9.85. The Kier molecular flexibility index (Phi) is 5.45. The van der Waals surface area contributed by atoms with Crippen molar-refractivity contribution in [2.45, 2.75) is 39.7 Å². The lowest BCUT2D eigenvalue weighted by Gasteiger charge is -2.39. The van der Waals surface area contributed by atoms with Gasteiger partial charge in [0.2, 0.25) is 5.91 Å². The number of amides is 1. The molecule has 4 nitrogen and oxygen atoms in total. The second-order valence-electron chi connectivity index (χ2n) is 8.29. The Bertz CT molecular complexity index is 808. The summed E-state index contributed by atoms with van der Waals surface area (Å²) in [4.78, 5) is 15.2. The molecule has 27 heavy (non-hydrogen) atoms. The largest absolute Gasteiger partial charge is 0.493 e. The number of nitrogens with zero attached hydrogens (tertiary/aromatic N) is 1. The van der Waals surface area contributed by atoms with Gasteiger partial charge in [0.15, 0.2) is 11.5 Å². The Balaban J connectivity index is 2.10. The van der Waals surface area contributed by atoms with Crippen LogP contribution in [0.25, 0.3) is 0 Å². The fourth-order valence-electron chi connectivity index (χ4n) is 3.76. The second kappa shape index (κ2) is 7.63. The maximum Gasteiger partial charge on any atom is 0.223 e. The van der Waals surface area contributed by atoms with Gasteiger partial charge in [-0.25, -0.2) is 0 Å². The van der Waals surface area contributed by atoms with E-state index in [-0.39, 0.29) is 17.4 Å². The monoisotopic (exact) mass is 367 g/mol. The summed E-state index contributed by atoms with van der Waals surface area (Å²) in [5, 5.41) is 0. The van der Waals surface area contributed by atoms with E-state index in [2.05, 4.69) is 39.0 Å². The fourth-order valence-corrected chi connectivity index (χ4v) is 3.76. The van der Waals surface area contributed by atoms with Crippen molar-refractivity contribution in [3.63, 3.8) is 0 Å². The maximum absolute atomic E-state index is 13.2. The Labute approximate surface area is 162 Å². The highest BCUT2D eigenvalue weighted by molar-refractivity contribution is 5.78. The van der Waals surface area contributed by atoms with Crippen molar-refractivity contribution in [1.82, 2.24) is 4.90 Å². The highest BCUT2D eigenvalue weighted by atomic mass is 16.5. The summed E-state index contributed by atoms with van der Waals surface area (Å²) in [7, 11) is 3.30. The molecule has 0 saturated carbocycles. The van der Waals surface area contributed by atoms with Crippen molar-refractivity contribution in [2.24, 2.45) is 5.41 Å². The van der Waals surface area contributed by atoms with Gasteiger partial charge in [0.25, 0.3) is 0 Å². The third kappa shape index (κ3) is 4.10. The van der Waals surface area contributed by atoms with Gasteiger partial charge in [-0.3, -0.25) is 4.79 Å². The van der Waals surface area contributed by atoms with Crippen molar-refractivity contribution < 1.29 is 14.3 Å². The molecule has 0 aromatic heterocycles. The fraction of sp³-hybridized carbons (Fsp3) is 0.435. The first-order chi connectivity index (χ1) is 12.8. The summed E-state index contributed by atoms with van der Waals surface area (Å²) < 4.78 is 11.0. The molecule has 2 aromatic carbocycles. The number of methoxy groups -OCH3 is 2. The molecule has 0 aliphatic carbocycles. The van der Waals surface area contributed by atoms with Crippen molar-refractivity contribution in [2.75, 3.05) is 20.8 Å². The number of carbonyl (C=O) groups excluding carboxylic acids is 1. The summed E-state index contributed by atoms with van der Waals surface area (Å²) in [5.41, 5.74) is 3.40. The Morgan fingerprint density at radius 1 is 1.07 bits per heavy atom. The van der Waals surface area contributed by atoms with Crippen molar-refractivity contribution in [1.29, 1.82) is 0 Å². The highest BCUT2D eigenvalue weighted by Gasteiger charge is 2.34. The zero-order valence-electron chi connectivity index (χ0n) is 16.9. The number of rotatable bonds is 4. The molecule has 0 radical (unpaired) electrons. The summed E-state index contributed by atoms with van der Waals surface area (Å²) in [5.74, 6) is 1.62. The van der Waals surface area contributed by atoms with E-state index in [1.807, 2.05) is 29.2 Å². The molecule has 1 aliphatic rings. The van der Waals surface area contributed by atoms with Crippen LogP contribution in [0.2, 0.25) is 0 Å². The minimum atomic E-state index is -0.107. The molecule has 2 aromatic rings. The number of fused-ring (bicyclic) bond motifs is 1. The van der Waals surface area contributed by atoms with Gasteiger partial charge in [0.05, 0.1) is 20.3 Å². The minimum Gasteiger partial charge on any atom is -0.493 e. The first-order valence-corrected chi connectivity index (χ1v) is 9.43. The molecule has 1 amide bonds. The van der Waals surface area contributed by atoms with E-state index in [9.17, 15) is 4.79 Å². The Morgan fingerprint density at radius 2 is 1.70 bits per heavy atom. The van der Waals surface area contributed by atoms with Crippen LogP contribution >= 0.6 is 0 Å². The number of ether oxygens (including phenoxy) is 2. The van der Waals surface area contributed by atoms with Crippen molar-refractivity contribution in [3.05, 3.63) is 59.2 Å². The predicted octanol–water partition coefficient (Wildman–Crippen LogP) is 4.61. The third-order valence-electron chi connectivity index (χ3n) is 4.99. The standard InChI is InChI=1S/C23H29NO3/c1-23(2,3)15-21(25)24-12-11-17-13-19(26-4)20(27-5)14-18(17)22(24)16-9-7-6-8-10-16/h6-10,13-14,22H,11-12,15H2,1-5H3/t22-/m0/s1. The van der Waals surface area contributed by atoms with Gasteiger partial charge in [0.1, 0.15) is 0 Å². The van der Waals surface area contributed by atoms with Crippen LogP contribution in [0.4, 0.5) is 0 Å². The first-order valence-electron chi connectivity index (χ1n) is 9.43. The predicted molar refractivity (Wildman–Crippen MR) is 107 cm³/mol. The second-order valence-corrected chi connectivity index (χ2v) is 8.29. The SMILES string of the molecule is COc1cc2c(cc1OC)[C@H](c1ccccc1)N(C(=O)CC(C)(C)C)CC2. The van der Waals surface area contributed by atoms with E-state index < -0.39 is 0 Å². The molecule has 1 heterocycles. The quantitative estimate of drug-likeness (QED) is 0.792. The van der Waals surface area contributed by atoms with Crippen LogP contribution in [-0.2, 0) is 11.2 Å². The molecule has 1 atom stereocenters. The average molecular weight is 367 g/mol. The molecule has 0 spiro atoms. The molecule has 0 N–H and O–H groups in total. The van der Waals surface area contributed by atoms with E-state index in [0.717, 1.165) is 23.3 Å². The lowest BCUT2D eigenvalue weighted by molar-refractivity contribution is -0.135. The smallest absolute Gasteiger partial charge is 0.223 e. The van der Waals surface area contributed by atoms with E-state index in [0.29, 0.717) is 18.7 Å². The van der Waals surface area contributed by atoms with E-state index in [1.54, 1.807) is 14.2 Å². The van der Waals surface area contributed by atoms with E-state index in [1.165, 1.54) is 5.56 Å². The summed E-state index contributed by atoms with van der Waals surface area (Å²) in [6.45, 7) is 7.02. The summed E-state index contributed by atoms with van der Waals surface area (Å²) in [6, 6.07) is 14.2. The molecular weight excluding hydrogens is 338 g/mol. The van der Waals surface area contributed by atoms with Gasteiger partial charge < -0.3 is 14.4 Å². The van der Waals surface area contributed by atoms with Crippen LogP contribution in [-0.4, -0.2) is 31.6 Å². The van der Waals surface area contributed by atoms with Crippen molar-refractivity contribution >= 4 is 5.91 Å². The highest BCUT2D eigenvalue weighted by Crippen LogP contribution is 2.41. The Morgan fingerprint density at radius 3 is 2.30 bits per heavy atom. The van der Waals surface area contributed by atoms with Crippen LogP contribution in [0.15, 0.2) is 42.5 Å². The zero-order chi connectivity index (χ0) is 19.6. The summed E-state index contributed by atoms with van der Waals surface area (Å²) in [6.07, 6.45) is 1.34.